The van der Waals surface area contributed by atoms with E-state index in [4.69, 9.17) is 14.0 Å². The predicted molar refractivity (Wildman–Crippen MR) is 141 cm³/mol. The number of carboxylic acid groups (broad SMARTS) is 1. The summed E-state index contributed by atoms with van der Waals surface area (Å²) in [6, 6.07) is 9.35. The molecule has 10 heteroatoms. The fraction of sp³-hybridized carbons (Fsp3) is 0.483. The molecule has 2 amide bonds. The largest absolute Gasteiger partial charge is 0.465 e. The Morgan fingerprint density at radius 2 is 1.90 bits per heavy atom. The second-order valence-electron chi connectivity index (χ2n) is 10.3. The Labute approximate surface area is 226 Å². The van der Waals surface area contributed by atoms with Gasteiger partial charge in [-0.1, -0.05) is 11.2 Å². The molecule has 39 heavy (non-hydrogen) atoms. The zero-order valence-corrected chi connectivity index (χ0v) is 21.9. The summed E-state index contributed by atoms with van der Waals surface area (Å²) in [6.07, 6.45) is 5.10. The average Bonchev–Trinajstić information content (AvgIpc) is 3.38. The smallest absolute Gasteiger partial charge is 0.407 e. The van der Waals surface area contributed by atoms with Gasteiger partial charge in [-0.25, -0.2) is 9.18 Å². The highest BCUT2D eigenvalue weighted by atomic mass is 19.1. The van der Waals surface area contributed by atoms with Crippen LogP contribution >= 0.6 is 0 Å². The minimum atomic E-state index is -0.853. The predicted octanol–water partition coefficient (Wildman–Crippen LogP) is 5.26. The standard InChI is InChI=1S/C29H34FN3O6/c30-22-8-5-20(6-9-22)28(34)31-17-21-7-10-23-25(11-4-19-12-14-33(15-13-19)29(35)36)32-39-27(23)24(21)18-38-26-3-1-2-16-37-26/h5-10,19,26H,1-4,11-18H2,(H,31,34)(H,35,36). The van der Waals surface area contributed by atoms with Gasteiger partial charge >= 0.3 is 6.09 Å². The molecule has 0 radical (unpaired) electrons. The Morgan fingerprint density at radius 3 is 2.62 bits per heavy atom. The summed E-state index contributed by atoms with van der Waals surface area (Å²) in [5, 5.41) is 17.4. The first-order chi connectivity index (χ1) is 19.0. The van der Waals surface area contributed by atoms with Crippen LogP contribution in [0.1, 0.15) is 65.7 Å². The van der Waals surface area contributed by atoms with Gasteiger partial charge in [0.25, 0.3) is 5.91 Å². The number of hydrogen-bond donors (Lipinski definition) is 2. The number of likely N-dealkylation sites (tertiary alicyclic amines) is 1. The van der Waals surface area contributed by atoms with Gasteiger partial charge in [0.15, 0.2) is 11.9 Å². The van der Waals surface area contributed by atoms with Crippen LogP contribution in [0.25, 0.3) is 11.0 Å². The summed E-state index contributed by atoms with van der Waals surface area (Å²) in [5.74, 6) is -0.252. The summed E-state index contributed by atoms with van der Waals surface area (Å²) < 4.78 is 30.9. The second kappa shape index (κ2) is 12.6. The van der Waals surface area contributed by atoms with Gasteiger partial charge in [0.2, 0.25) is 0 Å². The number of nitrogens with one attached hydrogen (secondary N) is 1. The van der Waals surface area contributed by atoms with Crippen LogP contribution < -0.4 is 5.32 Å². The third-order valence-corrected chi connectivity index (χ3v) is 7.69. The molecule has 1 atom stereocenters. The fourth-order valence-electron chi connectivity index (χ4n) is 5.31. The third-order valence-electron chi connectivity index (χ3n) is 7.69. The number of hydrogen-bond acceptors (Lipinski definition) is 6. The quantitative estimate of drug-likeness (QED) is 0.381. The average molecular weight is 540 g/mol. The van der Waals surface area contributed by atoms with Gasteiger partial charge in [-0.05, 0) is 86.8 Å². The molecule has 2 aliphatic heterocycles. The summed E-state index contributed by atoms with van der Waals surface area (Å²) in [5.41, 5.74) is 3.53. The van der Waals surface area contributed by atoms with Gasteiger partial charge in [-0.2, -0.15) is 0 Å². The van der Waals surface area contributed by atoms with Crippen LogP contribution in [0, 0.1) is 11.7 Å². The SMILES string of the molecule is O=C(NCc1ccc2c(CCC3CCN(C(=O)O)CC3)noc2c1COC1CCCCO1)c1ccc(F)cc1. The van der Waals surface area contributed by atoms with Crippen LogP contribution in [0.15, 0.2) is 40.9 Å². The number of carbonyl (C=O) groups is 2. The van der Waals surface area contributed by atoms with Crippen molar-refractivity contribution in [3.8, 4) is 0 Å². The van der Waals surface area contributed by atoms with Gasteiger partial charge < -0.3 is 29.3 Å². The van der Waals surface area contributed by atoms with Crippen LogP contribution in [0.2, 0.25) is 0 Å². The number of piperidine rings is 1. The molecule has 0 spiro atoms. The molecule has 3 aromatic rings. The van der Waals surface area contributed by atoms with Gasteiger partial charge in [0, 0.05) is 42.8 Å². The Kier molecular flexibility index (Phi) is 8.73. The van der Waals surface area contributed by atoms with E-state index >= 15 is 0 Å². The normalized spacial score (nSPS) is 18.4. The number of nitrogens with zero attached hydrogens (tertiary/aromatic N) is 2. The molecule has 1 unspecified atom stereocenters. The molecule has 208 valence electrons. The molecule has 0 saturated carbocycles. The lowest BCUT2D eigenvalue weighted by Crippen LogP contribution is -2.37. The summed E-state index contributed by atoms with van der Waals surface area (Å²) in [7, 11) is 0. The Morgan fingerprint density at radius 1 is 1.10 bits per heavy atom. The van der Waals surface area contributed by atoms with Crippen LogP contribution in [0.4, 0.5) is 9.18 Å². The second-order valence-corrected chi connectivity index (χ2v) is 10.3. The summed E-state index contributed by atoms with van der Waals surface area (Å²) in [6.45, 7) is 2.31. The van der Waals surface area contributed by atoms with Gasteiger partial charge in [-0.15, -0.1) is 0 Å². The van der Waals surface area contributed by atoms with Gasteiger partial charge in [0.05, 0.1) is 12.3 Å². The fourth-order valence-corrected chi connectivity index (χ4v) is 5.31. The highest BCUT2D eigenvalue weighted by molar-refractivity contribution is 5.94. The van der Waals surface area contributed by atoms with Crippen molar-refractivity contribution in [2.45, 2.75) is 64.4 Å². The molecule has 9 nitrogen and oxygen atoms in total. The molecule has 5 rings (SSSR count). The topological polar surface area (TPSA) is 114 Å². The lowest BCUT2D eigenvalue weighted by molar-refractivity contribution is -0.168. The first-order valence-corrected chi connectivity index (χ1v) is 13.6. The van der Waals surface area contributed by atoms with E-state index in [2.05, 4.69) is 10.5 Å². The van der Waals surface area contributed by atoms with Crippen LogP contribution in [-0.4, -0.2) is 53.1 Å². The molecule has 2 fully saturated rings. The maximum Gasteiger partial charge on any atom is 0.407 e. The van der Waals surface area contributed by atoms with Crippen molar-refractivity contribution < 1.29 is 33.1 Å². The van der Waals surface area contributed by atoms with E-state index in [0.29, 0.717) is 36.8 Å². The third kappa shape index (κ3) is 6.75. The summed E-state index contributed by atoms with van der Waals surface area (Å²) in [4.78, 5) is 25.3. The van der Waals surface area contributed by atoms with Crippen molar-refractivity contribution in [3.63, 3.8) is 0 Å². The molecule has 0 bridgehead atoms. The number of amides is 2. The maximum atomic E-state index is 13.3. The highest BCUT2D eigenvalue weighted by Gasteiger charge is 2.24. The van der Waals surface area contributed by atoms with Crippen molar-refractivity contribution in [1.29, 1.82) is 0 Å². The first-order valence-electron chi connectivity index (χ1n) is 13.6. The molecule has 2 aromatic carbocycles. The van der Waals surface area contributed by atoms with Crippen molar-refractivity contribution in [1.82, 2.24) is 15.4 Å². The number of ether oxygens (including phenoxy) is 2. The molecule has 3 heterocycles. The van der Waals surface area contributed by atoms with Crippen molar-refractivity contribution in [2.24, 2.45) is 5.92 Å². The lowest BCUT2D eigenvalue weighted by atomic mass is 9.91. The lowest BCUT2D eigenvalue weighted by Gasteiger charge is -2.29. The van der Waals surface area contributed by atoms with Gasteiger partial charge in [0.1, 0.15) is 5.82 Å². The van der Waals surface area contributed by atoms with E-state index in [0.717, 1.165) is 67.2 Å². The minimum Gasteiger partial charge on any atom is -0.465 e. The van der Waals surface area contributed by atoms with Crippen molar-refractivity contribution in [3.05, 3.63) is 64.6 Å². The van der Waals surface area contributed by atoms with Crippen molar-refractivity contribution >= 4 is 23.0 Å². The van der Waals surface area contributed by atoms with Gasteiger partial charge in [-0.3, -0.25) is 4.79 Å². The van der Waals surface area contributed by atoms with E-state index in [-0.39, 0.29) is 25.3 Å². The zero-order chi connectivity index (χ0) is 27.2. The number of carbonyl (C=O) groups excluding carboxylic acids is 1. The Bertz CT molecular complexity index is 1280. The van der Waals surface area contributed by atoms with E-state index < -0.39 is 11.9 Å². The van der Waals surface area contributed by atoms with E-state index in [1.807, 2.05) is 12.1 Å². The number of aryl methyl sites for hydroxylation is 1. The summed E-state index contributed by atoms with van der Waals surface area (Å²) >= 11 is 0. The maximum absolute atomic E-state index is 13.3. The molecule has 1 aromatic heterocycles. The molecule has 2 N–H and O–H groups in total. The zero-order valence-electron chi connectivity index (χ0n) is 21.9. The first kappa shape index (κ1) is 27.1. The molecule has 2 saturated heterocycles. The number of fused-ring (bicyclic) bond motifs is 1. The van der Waals surface area contributed by atoms with Crippen molar-refractivity contribution in [2.75, 3.05) is 19.7 Å². The molecular formula is C29H34FN3O6. The number of aromatic nitrogens is 1. The van der Waals surface area contributed by atoms with Crippen LogP contribution in [0.3, 0.4) is 0 Å². The number of rotatable bonds is 9. The molecular weight excluding hydrogens is 505 g/mol. The minimum absolute atomic E-state index is 0.245. The van der Waals surface area contributed by atoms with Crippen LogP contribution in [0.5, 0.6) is 0 Å². The monoisotopic (exact) mass is 539 g/mol. The molecule has 2 aliphatic rings. The molecule has 0 aliphatic carbocycles. The van der Waals surface area contributed by atoms with E-state index in [1.54, 1.807) is 0 Å². The van der Waals surface area contributed by atoms with Crippen LogP contribution in [-0.2, 0) is 29.0 Å². The number of benzene rings is 2. The highest BCUT2D eigenvalue weighted by Crippen LogP contribution is 2.30. The van der Waals surface area contributed by atoms with E-state index in [1.165, 1.54) is 29.2 Å². The van der Waals surface area contributed by atoms with E-state index in [9.17, 15) is 19.1 Å². The Balaban J connectivity index is 1.30. The number of halogens is 1. The Hall–Kier alpha value is -3.50.